The fourth-order valence-electron chi connectivity index (χ4n) is 4.41. The Balaban J connectivity index is 1.35. The first kappa shape index (κ1) is 15.6. The van der Waals surface area contributed by atoms with E-state index in [-0.39, 0.29) is 23.7 Å². The maximum Gasteiger partial charge on any atom is 0.274 e. The minimum atomic E-state index is -0.0224. The normalized spacial score (nSPS) is 28.3. The molecule has 0 unspecified atom stereocenters. The Hall–Kier alpha value is -1.95. The van der Waals surface area contributed by atoms with Gasteiger partial charge in [0.25, 0.3) is 5.82 Å². The second-order valence-corrected chi connectivity index (χ2v) is 7.24. The lowest BCUT2D eigenvalue weighted by molar-refractivity contribution is -0.908. The highest BCUT2D eigenvalue weighted by Gasteiger charge is 2.49. The van der Waals surface area contributed by atoms with Gasteiger partial charge in [0.1, 0.15) is 26.2 Å². The number of carbonyl (C=O) groups excluding carboxylic acids is 2. The van der Waals surface area contributed by atoms with Gasteiger partial charge in [0.2, 0.25) is 11.8 Å². The maximum atomic E-state index is 12.6. The molecule has 3 heterocycles. The summed E-state index contributed by atoms with van der Waals surface area (Å²) in [5, 5.41) is 0. The molecule has 6 nitrogen and oxygen atoms in total. The second-order valence-electron chi connectivity index (χ2n) is 7.24. The van der Waals surface area contributed by atoms with Gasteiger partial charge in [-0.05, 0) is 18.9 Å². The number of nitrogens with zero attached hydrogens (tertiary/aromatic N) is 2. The summed E-state index contributed by atoms with van der Waals surface area (Å²) >= 11 is 0. The predicted molar refractivity (Wildman–Crippen MR) is 88.1 cm³/mol. The number of quaternary nitrogens is 1. The maximum absolute atomic E-state index is 12.6. The summed E-state index contributed by atoms with van der Waals surface area (Å²) < 4.78 is 0. The number of aromatic amines is 1. The van der Waals surface area contributed by atoms with Gasteiger partial charge in [-0.25, -0.2) is 9.88 Å². The Labute approximate surface area is 142 Å². The number of amides is 2. The Morgan fingerprint density at radius 2 is 1.71 bits per heavy atom. The molecule has 2 saturated heterocycles. The molecule has 3 aliphatic rings. The lowest BCUT2D eigenvalue weighted by Crippen LogP contribution is -3.16. The van der Waals surface area contributed by atoms with Crippen LogP contribution in [0.2, 0.25) is 0 Å². The number of H-pyrrole nitrogens is 1. The molecule has 0 aromatic carbocycles. The minimum Gasteiger partial charge on any atom is -0.311 e. The van der Waals surface area contributed by atoms with Gasteiger partial charge in [0.15, 0.2) is 6.67 Å². The third kappa shape index (κ3) is 2.79. The lowest BCUT2D eigenvalue weighted by atomic mass is 9.81. The van der Waals surface area contributed by atoms with Crippen molar-refractivity contribution in [3.63, 3.8) is 0 Å². The van der Waals surface area contributed by atoms with Crippen LogP contribution in [0.5, 0.6) is 0 Å². The molecule has 24 heavy (non-hydrogen) atoms. The van der Waals surface area contributed by atoms with Gasteiger partial charge in [0, 0.05) is 6.07 Å². The first-order chi connectivity index (χ1) is 11.7. The van der Waals surface area contributed by atoms with Crippen molar-refractivity contribution in [3.8, 4) is 0 Å². The van der Waals surface area contributed by atoms with Crippen LogP contribution in [0.3, 0.4) is 0 Å². The molecule has 0 radical (unpaired) electrons. The summed E-state index contributed by atoms with van der Waals surface area (Å²) in [6.45, 7) is 4.35. The Morgan fingerprint density at radius 1 is 1.04 bits per heavy atom. The third-order valence-electron chi connectivity index (χ3n) is 5.82. The van der Waals surface area contributed by atoms with E-state index >= 15 is 0 Å². The molecule has 0 bridgehead atoms. The highest BCUT2D eigenvalue weighted by Crippen LogP contribution is 2.37. The number of anilines is 1. The van der Waals surface area contributed by atoms with E-state index in [1.165, 1.54) is 4.90 Å². The molecule has 1 aliphatic carbocycles. The molecule has 1 saturated carbocycles. The van der Waals surface area contributed by atoms with Gasteiger partial charge in [0.05, 0.1) is 18.0 Å². The number of aromatic nitrogens is 1. The van der Waals surface area contributed by atoms with Crippen LogP contribution < -0.4 is 14.8 Å². The van der Waals surface area contributed by atoms with Crippen molar-refractivity contribution in [2.75, 3.05) is 37.7 Å². The van der Waals surface area contributed by atoms with Crippen molar-refractivity contribution >= 4 is 17.6 Å². The van der Waals surface area contributed by atoms with Crippen molar-refractivity contribution in [2.45, 2.75) is 25.7 Å². The summed E-state index contributed by atoms with van der Waals surface area (Å²) in [6.07, 6.45) is 5.93. The quantitative estimate of drug-likeness (QED) is 0.749. The Bertz CT molecular complexity index is 589. The average molecular weight is 330 g/mol. The fourth-order valence-corrected chi connectivity index (χ4v) is 4.41. The number of pyridine rings is 1. The first-order valence-electron chi connectivity index (χ1n) is 9.14. The van der Waals surface area contributed by atoms with Crippen molar-refractivity contribution in [3.05, 3.63) is 24.4 Å². The van der Waals surface area contributed by atoms with E-state index in [0.717, 1.165) is 57.7 Å². The smallest absolute Gasteiger partial charge is 0.274 e. The van der Waals surface area contributed by atoms with Crippen LogP contribution in [0, 0.1) is 11.8 Å². The first-order valence-corrected chi connectivity index (χ1v) is 9.14. The zero-order chi connectivity index (χ0) is 16.5. The molecule has 2 amide bonds. The molecule has 3 fully saturated rings. The molecule has 4 rings (SSSR count). The molecule has 1 aromatic heterocycles. The molecule has 6 heteroatoms. The van der Waals surface area contributed by atoms with Crippen LogP contribution >= 0.6 is 0 Å². The lowest BCUT2D eigenvalue weighted by Gasteiger charge is -2.30. The van der Waals surface area contributed by atoms with Gasteiger partial charge in [-0.3, -0.25) is 14.5 Å². The number of nitrogens with one attached hydrogen (secondary N) is 2. The average Bonchev–Trinajstić information content (AvgIpc) is 2.88. The van der Waals surface area contributed by atoms with Gasteiger partial charge < -0.3 is 4.90 Å². The molecule has 2 N–H and O–H groups in total. The SMILES string of the molecule is O=C1[C@H]2CCCC[C@H]2C(=O)N1C[NH+]1CCN(c2cccc[nH+]2)CC1. The standard InChI is InChI=1S/C18H24N4O2/c23-17-14-5-1-2-6-15(14)18(24)22(17)13-20-9-11-21(12-10-20)16-7-3-4-8-19-16/h3-4,7-8,14-15H,1-2,5-6,9-13H2/p+2/t14-,15+. The summed E-state index contributed by atoms with van der Waals surface area (Å²) in [4.78, 5) is 33.7. The van der Waals surface area contributed by atoms with Crippen molar-refractivity contribution in [2.24, 2.45) is 11.8 Å². The van der Waals surface area contributed by atoms with E-state index in [1.54, 1.807) is 4.90 Å². The van der Waals surface area contributed by atoms with Crippen LogP contribution in [0.25, 0.3) is 0 Å². The molecule has 2 atom stereocenters. The molecular formula is C18H26N4O2+2. The van der Waals surface area contributed by atoms with Gasteiger partial charge in [-0.15, -0.1) is 0 Å². The topological polar surface area (TPSA) is 59.2 Å². The van der Waals surface area contributed by atoms with E-state index in [2.05, 4.69) is 16.0 Å². The van der Waals surface area contributed by atoms with E-state index in [9.17, 15) is 9.59 Å². The van der Waals surface area contributed by atoms with Crippen LogP contribution in [-0.4, -0.2) is 49.6 Å². The van der Waals surface area contributed by atoms with E-state index < -0.39 is 0 Å². The number of piperazine rings is 1. The molecular weight excluding hydrogens is 304 g/mol. The molecule has 128 valence electrons. The predicted octanol–water partition coefficient (Wildman–Crippen LogP) is -0.662. The van der Waals surface area contributed by atoms with Crippen LogP contribution in [0.15, 0.2) is 24.4 Å². The largest absolute Gasteiger partial charge is 0.311 e. The number of imide groups is 1. The molecule has 2 aliphatic heterocycles. The van der Waals surface area contributed by atoms with Crippen LogP contribution in [0.4, 0.5) is 5.82 Å². The zero-order valence-electron chi connectivity index (χ0n) is 14.0. The third-order valence-corrected chi connectivity index (χ3v) is 5.82. The van der Waals surface area contributed by atoms with E-state index in [1.807, 2.05) is 18.3 Å². The van der Waals surface area contributed by atoms with Crippen molar-refractivity contribution < 1.29 is 19.5 Å². The number of hydrogen-bond acceptors (Lipinski definition) is 3. The number of likely N-dealkylation sites (tertiary alicyclic amines) is 1. The Morgan fingerprint density at radius 3 is 2.29 bits per heavy atom. The number of carbonyl (C=O) groups is 2. The van der Waals surface area contributed by atoms with E-state index in [4.69, 9.17) is 0 Å². The monoisotopic (exact) mass is 330 g/mol. The second kappa shape index (κ2) is 6.51. The highest BCUT2D eigenvalue weighted by atomic mass is 16.2. The van der Waals surface area contributed by atoms with Gasteiger partial charge in [-0.2, -0.15) is 0 Å². The highest BCUT2D eigenvalue weighted by molar-refractivity contribution is 6.05. The summed E-state index contributed by atoms with van der Waals surface area (Å²) in [6, 6.07) is 6.10. The number of rotatable bonds is 3. The minimum absolute atomic E-state index is 0.0224. The Kier molecular flexibility index (Phi) is 4.22. The molecule has 0 spiro atoms. The number of hydrogen-bond donors (Lipinski definition) is 1. The summed E-state index contributed by atoms with van der Waals surface area (Å²) in [7, 11) is 0. The summed E-state index contributed by atoms with van der Waals surface area (Å²) in [5.41, 5.74) is 0. The van der Waals surface area contributed by atoms with E-state index in [0.29, 0.717) is 6.67 Å². The van der Waals surface area contributed by atoms with Crippen molar-refractivity contribution in [1.29, 1.82) is 0 Å². The zero-order valence-corrected chi connectivity index (χ0v) is 14.0. The van der Waals surface area contributed by atoms with Crippen LogP contribution in [-0.2, 0) is 9.59 Å². The molecule has 1 aromatic rings. The van der Waals surface area contributed by atoms with Gasteiger partial charge in [-0.1, -0.05) is 18.9 Å². The van der Waals surface area contributed by atoms with Crippen molar-refractivity contribution in [1.82, 2.24) is 4.90 Å². The number of fused-ring (bicyclic) bond motifs is 1. The van der Waals surface area contributed by atoms with Gasteiger partial charge >= 0.3 is 0 Å². The fraction of sp³-hybridized carbons (Fsp3) is 0.611. The summed E-state index contributed by atoms with van der Waals surface area (Å²) in [5.74, 6) is 1.28. The van der Waals surface area contributed by atoms with Crippen LogP contribution in [0.1, 0.15) is 25.7 Å².